The highest BCUT2D eigenvalue weighted by molar-refractivity contribution is 5.87. The monoisotopic (exact) mass is 262 g/mol. The largest absolute Gasteiger partial charge is 0.356 e. The average Bonchev–Trinajstić information content (AvgIpc) is 2.47. The number of fused-ring (bicyclic) bond motifs is 1. The number of aromatic nitrogens is 1. The molecule has 0 saturated heterocycles. The summed E-state index contributed by atoms with van der Waals surface area (Å²) in [7, 11) is 0. The van der Waals surface area contributed by atoms with Crippen LogP contribution in [0.15, 0.2) is 48.5 Å². The van der Waals surface area contributed by atoms with Crippen molar-refractivity contribution in [3.05, 3.63) is 65.4 Å². The van der Waals surface area contributed by atoms with Crippen molar-refractivity contribution < 1.29 is 0 Å². The second-order valence-electron chi connectivity index (χ2n) is 5.17. The van der Waals surface area contributed by atoms with Gasteiger partial charge in [-0.1, -0.05) is 18.2 Å². The number of pyridine rings is 1. The van der Waals surface area contributed by atoms with Gasteiger partial charge < -0.3 is 5.32 Å². The van der Waals surface area contributed by atoms with Crippen LogP contribution in [0.3, 0.4) is 0 Å². The van der Waals surface area contributed by atoms with Crippen LogP contribution in [-0.4, -0.2) is 4.98 Å². The van der Waals surface area contributed by atoms with Crippen molar-refractivity contribution in [3.8, 4) is 0 Å². The van der Waals surface area contributed by atoms with Gasteiger partial charge in [-0.05, 0) is 62.2 Å². The third kappa shape index (κ3) is 2.25. The zero-order valence-corrected chi connectivity index (χ0v) is 12.1. The summed E-state index contributed by atoms with van der Waals surface area (Å²) in [6.07, 6.45) is 0. The van der Waals surface area contributed by atoms with Crippen LogP contribution in [0, 0.1) is 20.8 Å². The lowest BCUT2D eigenvalue weighted by Crippen LogP contribution is -1.95. The van der Waals surface area contributed by atoms with Gasteiger partial charge in [-0.25, -0.2) is 0 Å². The fourth-order valence-electron chi connectivity index (χ4n) is 2.44. The third-order valence-corrected chi connectivity index (χ3v) is 3.86. The molecule has 1 aromatic heterocycles. The molecule has 0 spiro atoms. The molecule has 3 aromatic rings. The van der Waals surface area contributed by atoms with Crippen LogP contribution in [0.5, 0.6) is 0 Å². The van der Waals surface area contributed by atoms with E-state index < -0.39 is 0 Å². The second-order valence-corrected chi connectivity index (χ2v) is 5.17. The molecule has 2 nitrogen and oxygen atoms in total. The van der Waals surface area contributed by atoms with Crippen LogP contribution in [0.2, 0.25) is 0 Å². The van der Waals surface area contributed by atoms with Crippen LogP contribution < -0.4 is 5.32 Å². The highest BCUT2D eigenvalue weighted by Crippen LogP contribution is 2.26. The van der Waals surface area contributed by atoms with Crippen molar-refractivity contribution in [1.82, 2.24) is 4.98 Å². The molecule has 1 heterocycles. The molecule has 100 valence electrons. The van der Waals surface area contributed by atoms with Crippen molar-refractivity contribution in [1.29, 1.82) is 0 Å². The van der Waals surface area contributed by atoms with Gasteiger partial charge in [0.25, 0.3) is 0 Å². The van der Waals surface area contributed by atoms with Gasteiger partial charge in [-0.3, -0.25) is 4.98 Å². The van der Waals surface area contributed by atoms with Gasteiger partial charge in [-0.2, -0.15) is 0 Å². The lowest BCUT2D eigenvalue weighted by atomic mass is 10.0. The Balaban J connectivity index is 2.07. The molecule has 3 rings (SSSR count). The molecule has 0 unspecified atom stereocenters. The summed E-state index contributed by atoms with van der Waals surface area (Å²) in [4.78, 5) is 4.66. The van der Waals surface area contributed by atoms with Crippen molar-refractivity contribution in [2.24, 2.45) is 0 Å². The number of para-hydroxylation sites is 1. The van der Waals surface area contributed by atoms with Crippen LogP contribution in [0.25, 0.3) is 10.9 Å². The molecule has 20 heavy (non-hydrogen) atoms. The zero-order valence-electron chi connectivity index (χ0n) is 12.1. The van der Waals surface area contributed by atoms with E-state index in [2.05, 4.69) is 61.4 Å². The molecule has 0 radical (unpaired) electrons. The van der Waals surface area contributed by atoms with Gasteiger partial charge in [0.1, 0.15) is 0 Å². The normalized spacial score (nSPS) is 10.8. The van der Waals surface area contributed by atoms with Gasteiger partial charge in [0.05, 0.1) is 5.52 Å². The van der Waals surface area contributed by atoms with Gasteiger partial charge in [0.15, 0.2) is 0 Å². The topological polar surface area (TPSA) is 24.9 Å². The van der Waals surface area contributed by atoms with Crippen LogP contribution >= 0.6 is 0 Å². The van der Waals surface area contributed by atoms with Gasteiger partial charge in [0.2, 0.25) is 0 Å². The van der Waals surface area contributed by atoms with E-state index in [0.717, 1.165) is 22.6 Å². The number of rotatable bonds is 2. The number of hydrogen-bond acceptors (Lipinski definition) is 2. The van der Waals surface area contributed by atoms with Crippen molar-refractivity contribution in [3.63, 3.8) is 0 Å². The fourth-order valence-corrected chi connectivity index (χ4v) is 2.44. The maximum Gasteiger partial charge on any atom is 0.0709 e. The van der Waals surface area contributed by atoms with Crippen molar-refractivity contribution >= 4 is 22.3 Å². The van der Waals surface area contributed by atoms with Crippen LogP contribution in [0.4, 0.5) is 11.4 Å². The Morgan fingerprint density at radius 1 is 0.800 bits per heavy atom. The standard InChI is InChI=1S/C18H18N2/c1-12-13(2)17-11-16(9-10-18(17)19-14(12)3)20-15-7-5-4-6-8-15/h4-11,20H,1-3H3. The van der Waals surface area contributed by atoms with E-state index in [9.17, 15) is 0 Å². The fraction of sp³-hybridized carbons (Fsp3) is 0.167. The van der Waals surface area contributed by atoms with Crippen molar-refractivity contribution in [2.45, 2.75) is 20.8 Å². The summed E-state index contributed by atoms with van der Waals surface area (Å²) in [5.41, 5.74) is 6.94. The molecule has 0 saturated carbocycles. The quantitative estimate of drug-likeness (QED) is 0.710. The molecule has 0 aliphatic carbocycles. The maximum atomic E-state index is 4.66. The molecule has 0 aliphatic rings. The summed E-state index contributed by atoms with van der Waals surface area (Å²) in [6, 6.07) is 16.6. The minimum absolute atomic E-state index is 1.06. The molecule has 0 bridgehead atoms. The van der Waals surface area contributed by atoms with Gasteiger partial charge in [-0.15, -0.1) is 0 Å². The first-order chi connectivity index (χ1) is 9.65. The Labute approximate surface area is 119 Å². The summed E-state index contributed by atoms with van der Waals surface area (Å²) in [5, 5.41) is 4.65. The third-order valence-electron chi connectivity index (χ3n) is 3.86. The van der Waals surface area contributed by atoms with E-state index in [4.69, 9.17) is 0 Å². The molecule has 0 atom stereocenters. The van der Waals surface area contributed by atoms with E-state index in [1.807, 2.05) is 18.2 Å². The Hall–Kier alpha value is -2.35. The number of benzene rings is 2. The first-order valence-electron chi connectivity index (χ1n) is 6.85. The highest BCUT2D eigenvalue weighted by Gasteiger charge is 2.06. The zero-order chi connectivity index (χ0) is 14.1. The minimum atomic E-state index is 1.06. The summed E-state index contributed by atoms with van der Waals surface area (Å²) >= 11 is 0. The van der Waals surface area contributed by atoms with Gasteiger partial charge >= 0.3 is 0 Å². The van der Waals surface area contributed by atoms with E-state index >= 15 is 0 Å². The molecule has 2 aromatic carbocycles. The first kappa shape index (κ1) is 12.7. The van der Waals surface area contributed by atoms with E-state index in [1.54, 1.807) is 0 Å². The summed E-state index contributed by atoms with van der Waals surface area (Å²) < 4.78 is 0. The first-order valence-corrected chi connectivity index (χ1v) is 6.85. The lowest BCUT2D eigenvalue weighted by molar-refractivity contribution is 1.17. The number of hydrogen-bond donors (Lipinski definition) is 1. The molecule has 2 heteroatoms. The predicted octanol–water partition coefficient (Wildman–Crippen LogP) is 4.90. The Morgan fingerprint density at radius 2 is 1.55 bits per heavy atom. The maximum absolute atomic E-state index is 4.66. The smallest absolute Gasteiger partial charge is 0.0709 e. The predicted molar refractivity (Wildman–Crippen MR) is 85.7 cm³/mol. The van der Waals surface area contributed by atoms with E-state index in [1.165, 1.54) is 16.5 Å². The molecule has 1 N–H and O–H groups in total. The number of nitrogens with zero attached hydrogens (tertiary/aromatic N) is 1. The lowest BCUT2D eigenvalue weighted by Gasteiger charge is -2.11. The van der Waals surface area contributed by atoms with Crippen molar-refractivity contribution in [2.75, 3.05) is 5.32 Å². The molecule has 0 amide bonds. The summed E-state index contributed by atoms with van der Waals surface area (Å²) in [6.45, 7) is 6.37. The SMILES string of the molecule is Cc1nc2ccc(Nc3ccccc3)cc2c(C)c1C. The molecule has 0 aliphatic heterocycles. The number of nitrogens with one attached hydrogen (secondary N) is 1. The van der Waals surface area contributed by atoms with E-state index in [0.29, 0.717) is 0 Å². The van der Waals surface area contributed by atoms with Crippen LogP contribution in [-0.2, 0) is 0 Å². The highest BCUT2D eigenvalue weighted by atomic mass is 14.9. The molecular weight excluding hydrogens is 244 g/mol. The van der Waals surface area contributed by atoms with E-state index in [-0.39, 0.29) is 0 Å². The van der Waals surface area contributed by atoms with Crippen LogP contribution in [0.1, 0.15) is 16.8 Å². The molecule has 0 fully saturated rings. The Kier molecular flexibility index (Phi) is 3.15. The molecular formula is C18H18N2. The Bertz CT molecular complexity index is 761. The second kappa shape index (κ2) is 4.97. The summed E-state index contributed by atoms with van der Waals surface area (Å²) in [5.74, 6) is 0. The average molecular weight is 262 g/mol. The number of aryl methyl sites for hydroxylation is 2. The Morgan fingerprint density at radius 3 is 2.30 bits per heavy atom. The minimum Gasteiger partial charge on any atom is -0.356 e. The van der Waals surface area contributed by atoms with Gasteiger partial charge in [0, 0.05) is 22.5 Å². The number of anilines is 2.